The number of methoxy groups -OCH3 is 1. The molecule has 1 fully saturated rings. The number of hydrogen-bond donors (Lipinski definition) is 2. The van der Waals surface area contributed by atoms with Crippen LogP contribution in [0, 0.1) is 39.5 Å². The fourth-order valence-corrected chi connectivity index (χ4v) is 10.8. The van der Waals surface area contributed by atoms with Gasteiger partial charge < -0.3 is 14.5 Å². The van der Waals surface area contributed by atoms with E-state index < -0.39 is 0 Å². The molecule has 1 saturated heterocycles. The highest BCUT2D eigenvalue weighted by molar-refractivity contribution is 7.08. The summed E-state index contributed by atoms with van der Waals surface area (Å²) in [7, 11) is 1.65. The summed E-state index contributed by atoms with van der Waals surface area (Å²) in [5.74, 6) is 7.81. The van der Waals surface area contributed by atoms with Crippen molar-refractivity contribution < 1.29 is 9.47 Å². The van der Waals surface area contributed by atoms with Crippen LogP contribution in [-0.4, -0.2) is 40.5 Å². The minimum atomic E-state index is 0.0255. The van der Waals surface area contributed by atoms with Crippen LogP contribution in [0.1, 0.15) is 277 Å². The molecule has 8 heteroatoms. The van der Waals surface area contributed by atoms with E-state index in [-0.39, 0.29) is 5.56 Å². The molecule has 2 N–H and O–H groups in total. The molecule has 1 aliphatic heterocycles. The van der Waals surface area contributed by atoms with Crippen molar-refractivity contribution in [1.29, 1.82) is 0 Å². The minimum absolute atomic E-state index is 0.0255. The summed E-state index contributed by atoms with van der Waals surface area (Å²) in [6, 6.07) is 64.0. The third-order valence-corrected chi connectivity index (χ3v) is 18.1. The first-order valence-corrected chi connectivity index (χ1v) is 38.1. The lowest BCUT2D eigenvalue weighted by atomic mass is 9.89. The molecule has 0 spiro atoms. The molecule has 101 heavy (non-hydrogen) atoms. The molecule has 5 heterocycles. The molecule has 548 valence electrons. The Hall–Kier alpha value is -7.91. The number of aromatic nitrogens is 4. The average Bonchev–Trinajstić information content (AvgIpc) is 1.42. The first-order chi connectivity index (χ1) is 47.9. The van der Waals surface area contributed by atoms with Gasteiger partial charge in [0.1, 0.15) is 0 Å². The first-order valence-electron chi connectivity index (χ1n) is 37.1. The van der Waals surface area contributed by atoms with Crippen molar-refractivity contribution in [3.05, 3.63) is 300 Å². The Balaban J connectivity index is 0.000000383. The molecule has 0 amide bonds. The maximum absolute atomic E-state index is 11.0. The Kier molecular flexibility index (Phi) is 44.5. The van der Waals surface area contributed by atoms with E-state index in [1.165, 1.54) is 85.2 Å². The van der Waals surface area contributed by atoms with Crippen LogP contribution < -0.4 is 10.3 Å². The van der Waals surface area contributed by atoms with Crippen LogP contribution in [0.15, 0.2) is 222 Å². The third-order valence-electron chi connectivity index (χ3n) is 17.4. The van der Waals surface area contributed by atoms with Gasteiger partial charge in [-0.3, -0.25) is 9.89 Å². The SMILES string of the molecule is CC(C)C1CCOCC1.CC(C)c1ccc(-c2ccccc2)cc1.CC(C)c1ccc[nH]c1=O.CC(C)c1ccsc1.CC(C)c1cn[nH]c1.COc1ncccc1C(C)C.Cc1ccc(C(C)C)cc1.Cc1ccc(C(C)C)cc1.Cc1ccc(C(C)C)cc1.Cc1ccc(C(C)C)cc1. The predicted molar refractivity (Wildman–Crippen MR) is 443 cm³/mol. The van der Waals surface area contributed by atoms with Crippen LogP contribution in [0.3, 0.4) is 0 Å². The zero-order valence-electron chi connectivity index (χ0n) is 67.0. The molecule has 0 unspecified atom stereocenters. The van der Waals surface area contributed by atoms with Gasteiger partial charge >= 0.3 is 0 Å². The quantitative estimate of drug-likeness (QED) is 0.127. The largest absolute Gasteiger partial charge is 0.481 e. The number of thiophene rings is 1. The second-order valence-electron chi connectivity index (χ2n) is 29.4. The summed E-state index contributed by atoms with van der Waals surface area (Å²) >= 11 is 1.77. The molecular formula is C93H132N4O3S. The van der Waals surface area contributed by atoms with E-state index in [9.17, 15) is 4.79 Å². The third kappa shape index (κ3) is 38.1. The number of nitrogens with one attached hydrogen (secondary N) is 2. The fourth-order valence-electron chi connectivity index (χ4n) is 9.96. The number of H-pyrrole nitrogens is 2. The smallest absolute Gasteiger partial charge is 0.251 e. The summed E-state index contributed by atoms with van der Waals surface area (Å²) in [6.45, 7) is 54.2. The van der Waals surface area contributed by atoms with Gasteiger partial charge in [-0.2, -0.15) is 16.4 Å². The Morgan fingerprint density at radius 1 is 0.416 bits per heavy atom. The van der Waals surface area contributed by atoms with E-state index >= 15 is 0 Å². The number of pyridine rings is 2. The van der Waals surface area contributed by atoms with Crippen molar-refractivity contribution in [1.82, 2.24) is 20.2 Å². The highest BCUT2D eigenvalue weighted by Crippen LogP contribution is 2.26. The average molecular weight is 1390 g/mol. The van der Waals surface area contributed by atoms with E-state index in [0.29, 0.717) is 53.3 Å². The van der Waals surface area contributed by atoms with Gasteiger partial charge in [-0.25, -0.2) is 4.98 Å². The molecule has 0 aliphatic carbocycles. The number of hydrogen-bond acceptors (Lipinski definition) is 6. The van der Waals surface area contributed by atoms with Crippen LogP contribution in [-0.2, 0) is 4.74 Å². The van der Waals surface area contributed by atoms with Gasteiger partial charge in [-0.15, -0.1) is 0 Å². The first kappa shape index (κ1) is 89.2. The van der Waals surface area contributed by atoms with Crippen LogP contribution in [0.4, 0.5) is 0 Å². The molecule has 0 bridgehead atoms. The normalized spacial score (nSPS) is 11.5. The number of ether oxygens (including phenoxy) is 2. The summed E-state index contributed by atoms with van der Waals surface area (Å²) < 4.78 is 10.3. The Morgan fingerprint density at radius 3 is 1.06 bits per heavy atom. The van der Waals surface area contributed by atoms with Gasteiger partial charge in [0, 0.05) is 42.9 Å². The molecule has 7 nitrogen and oxygen atoms in total. The number of aromatic amines is 2. The van der Waals surface area contributed by atoms with Crippen molar-refractivity contribution >= 4 is 11.3 Å². The monoisotopic (exact) mass is 1390 g/mol. The molecule has 0 radical (unpaired) electrons. The van der Waals surface area contributed by atoms with Gasteiger partial charge in [-0.05, 0) is 185 Å². The number of benzene rings is 6. The molecule has 4 aromatic heterocycles. The van der Waals surface area contributed by atoms with E-state index in [2.05, 4.69) is 335 Å². The maximum Gasteiger partial charge on any atom is 0.251 e. The van der Waals surface area contributed by atoms with E-state index in [4.69, 9.17) is 9.47 Å². The number of rotatable bonds is 12. The second kappa shape index (κ2) is 50.4. The molecule has 0 atom stereocenters. The molecule has 11 rings (SSSR count). The van der Waals surface area contributed by atoms with Crippen LogP contribution in [0.25, 0.3) is 11.1 Å². The predicted octanol–water partition coefficient (Wildman–Crippen LogP) is 27.1. The number of nitrogens with zero attached hydrogens (tertiary/aromatic N) is 2. The lowest BCUT2D eigenvalue weighted by Crippen LogP contribution is -2.19. The topological polar surface area (TPSA) is 92.9 Å². The summed E-state index contributed by atoms with van der Waals surface area (Å²) in [4.78, 5) is 17.7. The zero-order valence-corrected chi connectivity index (χ0v) is 67.8. The van der Waals surface area contributed by atoms with E-state index in [1.807, 2.05) is 56.6 Å². The lowest BCUT2D eigenvalue weighted by Gasteiger charge is -2.24. The van der Waals surface area contributed by atoms with E-state index in [0.717, 1.165) is 42.1 Å². The summed E-state index contributed by atoms with van der Waals surface area (Å²) in [5, 5.41) is 10.9. The highest BCUT2D eigenvalue weighted by atomic mass is 32.1. The molecular weight excluding hydrogens is 1250 g/mol. The van der Waals surface area contributed by atoms with Crippen LogP contribution in [0.2, 0.25) is 0 Å². The Bertz CT molecular complexity index is 3410. The van der Waals surface area contributed by atoms with Crippen LogP contribution >= 0.6 is 11.3 Å². The Morgan fingerprint density at radius 2 is 0.792 bits per heavy atom. The van der Waals surface area contributed by atoms with Gasteiger partial charge in [0.25, 0.3) is 5.56 Å². The van der Waals surface area contributed by atoms with Gasteiger partial charge in [0.15, 0.2) is 0 Å². The van der Waals surface area contributed by atoms with Crippen molar-refractivity contribution in [3.63, 3.8) is 0 Å². The van der Waals surface area contributed by atoms with Gasteiger partial charge in [0.2, 0.25) is 5.88 Å². The van der Waals surface area contributed by atoms with Crippen molar-refractivity contribution in [3.8, 4) is 17.0 Å². The fraction of sp³-hybridized carbons (Fsp3) is 0.430. The van der Waals surface area contributed by atoms with Gasteiger partial charge in [0.05, 0.1) is 13.3 Å². The van der Waals surface area contributed by atoms with E-state index in [1.54, 1.807) is 30.8 Å². The molecule has 6 aromatic carbocycles. The maximum atomic E-state index is 11.0. The van der Waals surface area contributed by atoms with Crippen LogP contribution in [0.5, 0.6) is 5.88 Å². The van der Waals surface area contributed by atoms with Crippen molar-refractivity contribution in [2.45, 2.75) is 232 Å². The zero-order chi connectivity index (χ0) is 75.4. The molecule has 0 saturated carbocycles. The standard InChI is InChI=1S/C15H16.4C10H14.C9H13NO.C8H11NO.C8H16O.C7H10S.C6H10N2/c1-12(2)13-8-10-15(11-9-13)14-6-4-3-5-7-14;4*1-8(2)10-6-4-9(3)5-7-10;1-7(2)8-5-4-6-10-9(8)11-3;1-6(2)7-4-3-5-9-8(7)10;1-7(2)8-3-5-9-6-4-8;1-6(2)7-3-4-8-5-7;1-5(2)6-3-7-8-4-6/h3-12H,1-2H3;4*4-8H,1-3H3;4-7H,1-3H3;3-6H,1-2H3,(H,9,10);7-8H,3-6H2,1-2H3;3-6H,1-2H3;3-5H,1-2H3,(H,7,8). The highest BCUT2D eigenvalue weighted by Gasteiger charge is 2.16. The summed E-state index contributed by atoms with van der Waals surface area (Å²) in [6.07, 6.45) is 9.71. The second-order valence-corrected chi connectivity index (χ2v) is 30.1. The minimum Gasteiger partial charge on any atom is -0.481 e. The van der Waals surface area contributed by atoms with Crippen molar-refractivity contribution in [2.24, 2.45) is 11.8 Å². The number of aryl methyl sites for hydroxylation is 4. The van der Waals surface area contributed by atoms with Crippen molar-refractivity contribution in [2.75, 3.05) is 20.3 Å². The molecule has 1 aliphatic rings. The van der Waals surface area contributed by atoms with Gasteiger partial charge in [-0.1, -0.05) is 325 Å². The molecule has 10 aromatic rings. The Labute approximate surface area is 618 Å². The summed E-state index contributed by atoms with van der Waals surface area (Å²) in [5.41, 5.74) is 19.8. The lowest BCUT2D eigenvalue weighted by molar-refractivity contribution is 0.0523.